The van der Waals surface area contributed by atoms with Crippen LogP contribution in [0.15, 0.2) is 36.2 Å². The van der Waals surface area contributed by atoms with Crippen LogP contribution in [0.1, 0.15) is 5.56 Å². The van der Waals surface area contributed by atoms with Crippen LogP contribution >= 0.6 is 0 Å². The van der Waals surface area contributed by atoms with Crippen LogP contribution in [0.5, 0.6) is 0 Å². The normalized spacial score (nSPS) is 18.8. The second-order valence-corrected chi connectivity index (χ2v) is 2.69. The molecule has 1 heterocycles. The largest absolute Gasteiger partial charge is 0.477 e. The first kappa shape index (κ1) is 7.22. The summed E-state index contributed by atoms with van der Waals surface area (Å²) in [5.74, 6) is 0.876. The maximum absolute atomic E-state index is 5.31. The number of benzene rings is 1. The lowest BCUT2D eigenvalue weighted by Crippen LogP contribution is -2.04. The zero-order chi connectivity index (χ0) is 8.23. The number of rotatable bonds is 1. The number of ether oxygens (including phenoxy) is 1. The van der Waals surface area contributed by atoms with Crippen LogP contribution in [0, 0.1) is 0 Å². The molecule has 0 spiro atoms. The first-order valence-corrected chi connectivity index (χ1v) is 4.08. The quantitative estimate of drug-likeness (QED) is 0.675. The average molecular weight is 161 g/mol. The van der Waals surface area contributed by atoms with Crippen molar-refractivity contribution in [3.8, 4) is 0 Å². The van der Waals surface area contributed by atoms with Crippen LogP contribution in [0.2, 0.25) is 0 Å². The first-order valence-electron chi connectivity index (χ1n) is 4.08. The Labute approximate surface area is 71.9 Å². The highest BCUT2D eigenvalue weighted by molar-refractivity contribution is 5.50. The van der Waals surface area contributed by atoms with Gasteiger partial charge >= 0.3 is 0 Å². The predicted octanol–water partition coefficient (Wildman–Crippen LogP) is 1.60. The third-order valence-electron chi connectivity index (χ3n) is 1.76. The molecule has 1 aliphatic heterocycles. The van der Waals surface area contributed by atoms with Crippen molar-refractivity contribution < 1.29 is 4.74 Å². The fourth-order valence-corrected chi connectivity index (χ4v) is 1.18. The van der Waals surface area contributed by atoms with E-state index in [2.05, 4.69) is 17.4 Å². The lowest BCUT2D eigenvalue weighted by molar-refractivity contribution is 0.269. The SMILES string of the molecule is C(=C1/NCCO1)/c1ccccc1. The van der Waals surface area contributed by atoms with Gasteiger partial charge in [0.05, 0.1) is 6.54 Å². The summed E-state index contributed by atoms with van der Waals surface area (Å²) in [6.45, 7) is 1.69. The maximum atomic E-state index is 5.31. The minimum absolute atomic E-state index is 0.776. The molecule has 0 saturated carbocycles. The van der Waals surface area contributed by atoms with E-state index >= 15 is 0 Å². The van der Waals surface area contributed by atoms with E-state index in [4.69, 9.17) is 4.74 Å². The predicted molar refractivity (Wildman–Crippen MR) is 48.4 cm³/mol. The van der Waals surface area contributed by atoms with Crippen molar-refractivity contribution in [2.75, 3.05) is 13.2 Å². The van der Waals surface area contributed by atoms with Crippen LogP contribution in [0.3, 0.4) is 0 Å². The Morgan fingerprint density at radius 1 is 1.25 bits per heavy atom. The summed E-state index contributed by atoms with van der Waals surface area (Å²) in [6.07, 6.45) is 2.01. The van der Waals surface area contributed by atoms with Gasteiger partial charge in [-0.25, -0.2) is 0 Å². The van der Waals surface area contributed by atoms with Gasteiger partial charge in [-0.1, -0.05) is 30.3 Å². The van der Waals surface area contributed by atoms with E-state index in [1.54, 1.807) is 0 Å². The highest BCUT2D eigenvalue weighted by Gasteiger charge is 2.04. The van der Waals surface area contributed by atoms with Gasteiger partial charge in [0, 0.05) is 6.08 Å². The van der Waals surface area contributed by atoms with Gasteiger partial charge in [-0.2, -0.15) is 0 Å². The summed E-state index contributed by atoms with van der Waals surface area (Å²) < 4.78 is 5.31. The second-order valence-electron chi connectivity index (χ2n) is 2.69. The van der Waals surface area contributed by atoms with E-state index in [0.717, 1.165) is 19.0 Å². The Hall–Kier alpha value is -1.44. The van der Waals surface area contributed by atoms with E-state index in [1.807, 2.05) is 24.3 Å². The molecule has 2 rings (SSSR count). The average Bonchev–Trinajstić information content (AvgIpc) is 2.59. The Morgan fingerprint density at radius 3 is 2.75 bits per heavy atom. The second kappa shape index (κ2) is 3.30. The van der Waals surface area contributed by atoms with Gasteiger partial charge in [0.1, 0.15) is 6.61 Å². The molecule has 1 aromatic carbocycles. The van der Waals surface area contributed by atoms with Gasteiger partial charge in [-0.05, 0) is 5.56 Å². The molecule has 1 aromatic rings. The summed E-state index contributed by atoms with van der Waals surface area (Å²) in [5, 5.41) is 3.14. The molecular weight excluding hydrogens is 150 g/mol. The third kappa shape index (κ3) is 1.59. The van der Waals surface area contributed by atoms with Crippen LogP contribution in [0.4, 0.5) is 0 Å². The molecule has 1 saturated heterocycles. The van der Waals surface area contributed by atoms with Gasteiger partial charge in [-0.15, -0.1) is 0 Å². The van der Waals surface area contributed by atoms with Gasteiger partial charge in [0.25, 0.3) is 0 Å². The van der Waals surface area contributed by atoms with Crippen molar-refractivity contribution in [1.82, 2.24) is 5.32 Å². The summed E-state index contributed by atoms with van der Waals surface area (Å²) in [4.78, 5) is 0. The Kier molecular flexibility index (Phi) is 1.99. The molecular formula is C10H11NO. The molecule has 0 aliphatic carbocycles. The third-order valence-corrected chi connectivity index (χ3v) is 1.76. The van der Waals surface area contributed by atoms with Crippen LogP contribution < -0.4 is 5.32 Å². The monoisotopic (exact) mass is 161 g/mol. The lowest BCUT2D eigenvalue weighted by Gasteiger charge is -1.97. The minimum Gasteiger partial charge on any atom is -0.477 e. The Balaban J connectivity index is 2.16. The molecule has 0 amide bonds. The van der Waals surface area contributed by atoms with Gasteiger partial charge in [0.15, 0.2) is 5.88 Å². The van der Waals surface area contributed by atoms with Gasteiger partial charge < -0.3 is 10.1 Å². The number of hydrogen-bond acceptors (Lipinski definition) is 2. The summed E-state index contributed by atoms with van der Waals surface area (Å²) in [5.41, 5.74) is 1.17. The van der Waals surface area contributed by atoms with Crippen molar-refractivity contribution >= 4 is 6.08 Å². The topological polar surface area (TPSA) is 21.3 Å². The molecule has 0 bridgehead atoms. The molecule has 2 nitrogen and oxygen atoms in total. The zero-order valence-electron chi connectivity index (χ0n) is 6.79. The molecule has 12 heavy (non-hydrogen) atoms. The minimum atomic E-state index is 0.776. The van der Waals surface area contributed by atoms with Crippen LogP contribution in [-0.4, -0.2) is 13.2 Å². The summed E-state index contributed by atoms with van der Waals surface area (Å²) in [6, 6.07) is 10.1. The van der Waals surface area contributed by atoms with Crippen LogP contribution in [-0.2, 0) is 4.74 Å². The molecule has 2 heteroatoms. The lowest BCUT2D eigenvalue weighted by atomic mass is 10.2. The Bertz CT molecular complexity index is 271. The van der Waals surface area contributed by atoms with Crippen molar-refractivity contribution in [1.29, 1.82) is 0 Å². The van der Waals surface area contributed by atoms with E-state index < -0.39 is 0 Å². The maximum Gasteiger partial charge on any atom is 0.187 e. The van der Waals surface area contributed by atoms with Crippen LogP contribution in [0.25, 0.3) is 6.08 Å². The van der Waals surface area contributed by atoms with Crippen molar-refractivity contribution in [3.63, 3.8) is 0 Å². The van der Waals surface area contributed by atoms with E-state index in [-0.39, 0.29) is 0 Å². The van der Waals surface area contributed by atoms with Crippen molar-refractivity contribution in [3.05, 3.63) is 41.8 Å². The van der Waals surface area contributed by atoms with E-state index in [0.29, 0.717) is 0 Å². The fourth-order valence-electron chi connectivity index (χ4n) is 1.18. The summed E-state index contributed by atoms with van der Waals surface area (Å²) in [7, 11) is 0. The van der Waals surface area contributed by atoms with Crippen molar-refractivity contribution in [2.45, 2.75) is 0 Å². The molecule has 0 atom stereocenters. The highest BCUT2D eigenvalue weighted by atomic mass is 16.5. The van der Waals surface area contributed by atoms with Gasteiger partial charge in [-0.3, -0.25) is 0 Å². The smallest absolute Gasteiger partial charge is 0.187 e. The fraction of sp³-hybridized carbons (Fsp3) is 0.200. The Morgan fingerprint density at radius 2 is 2.08 bits per heavy atom. The molecule has 1 N–H and O–H groups in total. The van der Waals surface area contributed by atoms with E-state index in [9.17, 15) is 0 Å². The standard InChI is InChI=1S/C10H11NO/c1-2-4-9(5-3-1)8-10-11-6-7-12-10/h1-5,8,11H,6-7H2/b10-8+. The first-order chi connectivity index (χ1) is 5.95. The number of hydrogen-bond donors (Lipinski definition) is 1. The summed E-state index contributed by atoms with van der Waals surface area (Å²) >= 11 is 0. The zero-order valence-corrected chi connectivity index (χ0v) is 6.79. The molecule has 1 aliphatic rings. The van der Waals surface area contributed by atoms with Gasteiger partial charge in [0.2, 0.25) is 0 Å². The highest BCUT2D eigenvalue weighted by Crippen LogP contribution is 2.07. The number of nitrogens with one attached hydrogen (secondary N) is 1. The molecule has 1 fully saturated rings. The van der Waals surface area contributed by atoms with E-state index in [1.165, 1.54) is 5.56 Å². The molecule has 0 unspecified atom stereocenters. The molecule has 0 aromatic heterocycles. The van der Waals surface area contributed by atoms with Crippen molar-refractivity contribution in [2.24, 2.45) is 0 Å². The molecule has 62 valence electrons. The molecule has 0 radical (unpaired) electrons.